The lowest BCUT2D eigenvalue weighted by molar-refractivity contribution is -0.143. The van der Waals surface area contributed by atoms with E-state index in [0.717, 1.165) is 11.1 Å². The van der Waals surface area contributed by atoms with Crippen molar-refractivity contribution in [3.8, 4) is 0 Å². The van der Waals surface area contributed by atoms with Gasteiger partial charge in [-0.25, -0.2) is 0 Å². The molecule has 0 saturated heterocycles. The van der Waals surface area contributed by atoms with Gasteiger partial charge in [-0.05, 0) is 49.1 Å². The number of rotatable bonds is 11. The van der Waals surface area contributed by atoms with Crippen LogP contribution >= 0.6 is 11.6 Å². The molecule has 3 atom stereocenters. The monoisotopic (exact) mass is 581 g/mol. The van der Waals surface area contributed by atoms with Crippen LogP contribution in [0.4, 0.5) is 0 Å². The van der Waals surface area contributed by atoms with E-state index >= 15 is 0 Å². The van der Waals surface area contributed by atoms with E-state index in [0.29, 0.717) is 18.0 Å². The number of nitrogens with zero attached hydrogens (tertiary/aromatic N) is 2. The third kappa shape index (κ3) is 8.90. The minimum atomic E-state index is -0.868. The van der Waals surface area contributed by atoms with Crippen LogP contribution < -0.4 is 16.0 Å². The van der Waals surface area contributed by atoms with Crippen molar-refractivity contribution >= 4 is 35.2 Å². The van der Waals surface area contributed by atoms with Gasteiger partial charge in [0.2, 0.25) is 23.6 Å². The summed E-state index contributed by atoms with van der Waals surface area (Å²) in [6.07, 6.45) is 4.12. The SMILES string of the molecule is CN[C@@H](C)C(=O)N[C@H](C(=O)NCC(=O)N1C=CN(CCc2ccccc2)C(=O)[C@@H]1Cc1cccc(Cl)c1)C(C)(C)C. The van der Waals surface area contributed by atoms with Gasteiger partial charge in [-0.3, -0.25) is 19.2 Å². The van der Waals surface area contributed by atoms with Crippen LogP contribution in [0.1, 0.15) is 38.8 Å². The first-order valence-corrected chi connectivity index (χ1v) is 14.1. The largest absolute Gasteiger partial charge is 0.345 e. The number of carbonyl (C=O) groups excluding carboxylic acids is 4. The number of halogens is 1. The fourth-order valence-corrected chi connectivity index (χ4v) is 4.69. The van der Waals surface area contributed by atoms with Crippen molar-refractivity contribution in [3.63, 3.8) is 0 Å². The molecule has 0 unspecified atom stereocenters. The van der Waals surface area contributed by atoms with Crippen molar-refractivity contribution in [2.24, 2.45) is 5.41 Å². The Labute approximate surface area is 247 Å². The summed E-state index contributed by atoms with van der Waals surface area (Å²) in [4.78, 5) is 55.7. The maximum atomic E-state index is 13.6. The Morgan fingerprint density at radius 3 is 2.29 bits per heavy atom. The second-order valence-electron chi connectivity index (χ2n) is 11.3. The van der Waals surface area contributed by atoms with E-state index in [4.69, 9.17) is 11.6 Å². The molecule has 1 aliphatic rings. The topological polar surface area (TPSA) is 111 Å². The van der Waals surface area contributed by atoms with Gasteiger partial charge in [0.1, 0.15) is 12.1 Å². The van der Waals surface area contributed by atoms with E-state index in [2.05, 4.69) is 16.0 Å². The van der Waals surface area contributed by atoms with Gasteiger partial charge in [0.15, 0.2) is 0 Å². The Morgan fingerprint density at radius 2 is 1.66 bits per heavy atom. The normalized spacial score (nSPS) is 16.7. The third-order valence-electron chi connectivity index (χ3n) is 7.06. The van der Waals surface area contributed by atoms with Crippen LogP contribution in [-0.4, -0.2) is 71.7 Å². The molecule has 3 rings (SSSR count). The zero-order chi connectivity index (χ0) is 30.2. The number of hydrogen-bond donors (Lipinski definition) is 3. The first-order valence-electron chi connectivity index (χ1n) is 13.7. The van der Waals surface area contributed by atoms with Crippen molar-refractivity contribution in [3.05, 3.63) is 83.1 Å². The molecule has 1 aliphatic heterocycles. The molecule has 4 amide bonds. The smallest absolute Gasteiger partial charge is 0.250 e. The lowest BCUT2D eigenvalue weighted by Crippen LogP contribution is -2.58. The number of hydrogen-bond acceptors (Lipinski definition) is 5. The standard InChI is InChI=1S/C31H40ClN5O4/c1-21(33-5)28(39)35-27(31(2,3)4)29(40)34-20-26(38)37-17-16-36(15-14-22-10-7-6-8-11-22)30(41)25(37)19-23-12-9-13-24(32)18-23/h6-13,16-18,21,25,27,33H,14-15,19-20H2,1-5H3,(H,34,40)(H,35,39)/t21-,25-,27+/m0/s1. The Balaban J connectivity index is 1.75. The first kappa shape index (κ1) is 31.8. The molecule has 10 heteroatoms. The molecule has 1 heterocycles. The first-order chi connectivity index (χ1) is 19.4. The summed E-state index contributed by atoms with van der Waals surface area (Å²) in [7, 11) is 1.66. The zero-order valence-electron chi connectivity index (χ0n) is 24.3. The minimum absolute atomic E-state index is 0.219. The summed E-state index contributed by atoms with van der Waals surface area (Å²) in [6.45, 7) is 7.32. The van der Waals surface area contributed by atoms with Crippen molar-refractivity contribution in [2.75, 3.05) is 20.1 Å². The Hall–Kier alpha value is -3.69. The van der Waals surface area contributed by atoms with Crippen LogP contribution in [0.15, 0.2) is 67.0 Å². The van der Waals surface area contributed by atoms with Crippen molar-refractivity contribution in [1.82, 2.24) is 25.8 Å². The second-order valence-corrected chi connectivity index (χ2v) is 11.7. The van der Waals surface area contributed by atoms with Crippen LogP contribution in [-0.2, 0) is 32.0 Å². The van der Waals surface area contributed by atoms with Gasteiger partial charge in [0.05, 0.1) is 12.6 Å². The lowest BCUT2D eigenvalue weighted by Gasteiger charge is -2.36. The molecule has 2 aromatic carbocycles. The molecule has 41 heavy (non-hydrogen) atoms. The van der Waals surface area contributed by atoms with E-state index in [1.807, 2.05) is 57.2 Å². The molecular weight excluding hydrogens is 542 g/mol. The highest BCUT2D eigenvalue weighted by molar-refractivity contribution is 6.30. The summed E-state index contributed by atoms with van der Waals surface area (Å²) in [5.41, 5.74) is 1.31. The highest BCUT2D eigenvalue weighted by Crippen LogP contribution is 2.22. The third-order valence-corrected chi connectivity index (χ3v) is 7.29. The maximum Gasteiger partial charge on any atom is 0.250 e. The number of nitrogens with one attached hydrogen (secondary N) is 3. The molecular formula is C31H40ClN5O4. The molecule has 0 radical (unpaired) electrons. The average Bonchev–Trinajstić information content (AvgIpc) is 2.94. The highest BCUT2D eigenvalue weighted by atomic mass is 35.5. The predicted molar refractivity (Wildman–Crippen MR) is 160 cm³/mol. The Bertz CT molecular complexity index is 1260. The van der Waals surface area contributed by atoms with Crippen molar-refractivity contribution < 1.29 is 19.2 Å². The summed E-state index contributed by atoms with van der Waals surface area (Å²) in [5, 5.41) is 8.83. The van der Waals surface area contributed by atoms with Crippen molar-refractivity contribution in [1.29, 1.82) is 0 Å². The predicted octanol–water partition coefficient (Wildman–Crippen LogP) is 2.89. The molecule has 0 fully saturated rings. The highest BCUT2D eigenvalue weighted by Gasteiger charge is 2.37. The molecule has 0 spiro atoms. The molecule has 220 valence electrons. The van der Waals surface area contributed by atoms with E-state index in [1.165, 1.54) is 4.90 Å². The van der Waals surface area contributed by atoms with Gasteiger partial charge < -0.3 is 25.8 Å². The number of likely N-dealkylation sites (N-methyl/N-ethyl adjacent to an activating group) is 1. The van der Waals surface area contributed by atoms with Gasteiger partial charge in [0.25, 0.3) is 0 Å². The molecule has 3 N–H and O–H groups in total. The summed E-state index contributed by atoms with van der Waals surface area (Å²) in [5.74, 6) is -1.47. The molecule has 2 aromatic rings. The molecule has 0 saturated carbocycles. The molecule has 0 aliphatic carbocycles. The Kier molecular flexibility index (Phi) is 11.1. The van der Waals surface area contributed by atoms with Gasteiger partial charge in [-0.1, -0.05) is 74.8 Å². The average molecular weight is 582 g/mol. The van der Waals surface area contributed by atoms with Gasteiger partial charge in [-0.15, -0.1) is 0 Å². The zero-order valence-corrected chi connectivity index (χ0v) is 25.1. The second kappa shape index (κ2) is 14.3. The van der Waals surface area contributed by atoms with E-state index in [1.54, 1.807) is 49.5 Å². The van der Waals surface area contributed by atoms with Crippen LogP contribution in [0.25, 0.3) is 0 Å². The Morgan fingerprint density at radius 1 is 0.976 bits per heavy atom. The number of carbonyl (C=O) groups is 4. The van der Waals surface area contributed by atoms with Crippen LogP contribution in [0.2, 0.25) is 5.02 Å². The van der Waals surface area contributed by atoms with Gasteiger partial charge >= 0.3 is 0 Å². The minimum Gasteiger partial charge on any atom is -0.345 e. The molecule has 9 nitrogen and oxygen atoms in total. The van der Waals surface area contributed by atoms with Gasteiger partial charge in [-0.2, -0.15) is 0 Å². The van der Waals surface area contributed by atoms with Crippen LogP contribution in [0, 0.1) is 5.41 Å². The quantitative estimate of drug-likeness (QED) is 0.378. The fraction of sp³-hybridized carbons (Fsp3) is 0.419. The summed E-state index contributed by atoms with van der Waals surface area (Å²) in [6, 6.07) is 14.9. The van der Waals surface area contributed by atoms with Crippen LogP contribution in [0.5, 0.6) is 0 Å². The van der Waals surface area contributed by atoms with Crippen molar-refractivity contribution in [2.45, 2.75) is 58.7 Å². The number of benzene rings is 2. The number of amides is 4. The molecule has 0 bridgehead atoms. The van der Waals surface area contributed by atoms with E-state index in [-0.39, 0.29) is 24.8 Å². The maximum absolute atomic E-state index is 13.6. The summed E-state index contributed by atoms with van der Waals surface area (Å²) >= 11 is 6.19. The van der Waals surface area contributed by atoms with Crippen LogP contribution in [0.3, 0.4) is 0 Å². The van der Waals surface area contributed by atoms with E-state index < -0.39 is 35.4 Å². The lowest BCUT2D eigenvalue weighted by atomic mass is 9.86. The molecule has 0 aromatic heterocycles. The summed E-state index contributed by atoms with van der Waals surface area (Å²) < 4.78 is 0. The van der Waals surface area contributed by atoms with E-state index in [9.17, 15) is 19.2 Å². The van der Waals surface area contributed by atoms with Gasteiger partial charge in [0, 0.05) is 30.4 Å². The fourth-order valence-electron chi connectivity index (χ4n) is 4.48.